The number of benzene rings is 1. The Morgan fingerprint density at radius 2 is 2.06 bits per heavy atom. The molecule has 0 saturated carbocycles. The maximum Gasteiger partial charge on any atom is 0.337 e. The predicted molar refractivity (Wildman–Crippen MR) is 124 cm³/mol. The first-order valence-electron chi connectivity index (χ1n) is 10.4. The number of ether oxygens (including phenoxy) is 2. The number of nitrogens with zero attached hydrogens (tertiary/aromatic N) is 2. The average Bonchev–Trinajstić information content (AvgIpc) is 3.44. The summed E-state index contributed by atoms with van der Waals surface area (Å²) >= 11 is 5.66. The van der Waals surface area contributed by atoms with Crippen molar-refractivity contribution in [3.8, 4) is 11.3 Å². The Balaban J connectivity index is 1.67. The molecule has 7 nitrogen and oxygen atoms in total. The van der Waals surface area contributed by atoms with E-state index in [1.54, 1.807) is 25.4 Å². The normalized spacial score (nSPS) is 17.9. The number of hydrogen-bond acceptors (Lipinski definition) is 6. The highest BCUT2D eigenvalue weighted by atomic mass is 32.1. The molecule has 32 heavy (non-hydrogen) atoms. The summed E-state index contributed by atoms with van der Waals surface area (Å²) in [5, 5.41) is 4.07. The summed E-state index contributed by atoms with van der Waals surface area (Å²) in [4.78, 5) is 18.6. The fraction of sp³-hybridized carbons (Fsp3) is 0.292. The first kappa shape index (κ1) is 22.0. The van der Waals surface area contributed by atoms with Gasteiger partial charge in [0.25, 0.3) is 0 Å². The maximum atomic E-state index is 11.9. The van der Waals surface area contributed by atoms with Crippen LogP contribution in [0, 0.1) is 0 Å². The fourth-order valence-corrected chi connectivity index (χ4v) is 4.25. The third kappa shape index (κ3) is 4.51. The van der Waals surface area contributed by atoms with Crippen molar-refractivity contribution in [3.63, 3.8) is 0 Å². The van der Waals surface area contributed by atoms with Crippen LogP contribution in [0.4, 0.5) is 0 Å². The van der Waals surface area contributed by atoms with Gasteiger partial charge >= 0.3 is 5.97 Å². The van der Waals surface area contributed by atoms with Crippen LogP contribution in [0.3, 0.4) is 0 Å². The summed E-state index contributed by atoms with van der Waals surface area (Å²) in [6.07, 6.45) is 2.61. The van der Waals surface area contributed by atoms with Gasteiger partial charge in [0.15, 0.2) is 5.11 Å². The lowest BCUT2D eigenvalue weighted by molar-refractivity contribution is 0.0601. The van der Waals surface area contributed by atoms with E-state index in [9.17, 15) is 4.79 Å². The molecule has 1 aliphatic rings. The molecule has 1 aliphatic heterocycles. The summed E-state index contributed by atoms with van der Waals surface area (Å²) < 4.78 is 16.4. The zero-order chi connectivity index (χ0) is 22.5. The van der Waals surface area contributed by atoms with Crippen LogP contribution in [-0.2, 0) is 9.47 Å². The lowest BCUT2D eigenvalue weighted by atomic mass is 10.0. The lowest BCUT2D eigenvalue weighted by Crippen LogP contribution is -2.31. The molecule has 0 amide bonds. The van der Waals surface area contributed by atoms with Gasteiger partial charge in [-0.3, -0.25) is 4.98 Å². The molecular formula is C24H25N3O4S. The lowest BCUT2D eigenvalue weighted by Gasteiger charge is -2.26. The number of carbonyl (C=O) groups excluding carboxylic acids is 1. The Labute approximate surface area is 192 Å². The Bertz CT molecular complexity index is 1090. The molecule has 2 atom stereocenters. The second-order valence-corrected chi connectivity index (χ2v) is 7.83. The summed E-state index contributed by atoms with van der Waals surface area (Å²) in [5.41, 5.74) is 2.16. The molecule has 0 radical (unpaired) electrons. The molecular weight excluding hydrogens is 426 g/mol. The number of rotatable bonds is 8. The molecule has 0 bridgehead atoms. The van der Waals surface area contributed by atoms with E-state index >= 15 is 0 Å². The van der Waals surface area contributed by atoms with Crippen LogP contribution in [0.1, 0.15) is 40.3 Å². The Hall–Kier alpha value is -3.23. The van der Waals surface area contributed by atoms with Crippen molar-refractivity contribution in [3.05, 3.63) is 77.8 Å². The molecule has 4 rings (SSSR count). The van der Waals surface area contributed by atoms with Crippen molar-refractivity contribution in [2.45, 2.75) is 18.5 Å². The number of nitrogens with one attached hydrogen (secondary N) is 1. The van der Waals surface area contributed by atoms with Gasteiger partial charge in [-0.1, -0.05) is 18.2 Å². The molecule has 0 spiro atoms. The molecule has 1 N–H and O–H groups in total. The molecule has 2 unspecified atom stereocenters. The monoisotopic (exact) mass is 451 g/mol. The van der Waals surface area contributed by atoms with Crippen molar-refractivity contribution in [2.24, 2.45) is 0 Å². The van der Waals surface area contributed by atoms with E-state index in [0.29, 0.717) is 23.0 Å². The number of aromatic nitrogens is 1. The first-order chi connectivity index (χ1) is 15.6. The van der Waals surface area contributed by atoms with E-state index < -0.39 is 0 Å². The van der Waals surface area contributed by atoms with Gasteiger partial charge in [0, 0.05) is 32.0 Å². The quantitative estimate of drug-likeness (QED) is 0.311. The molecule has 3 aromatic rings. The smallest absolute Gasteiger partial charge is 0.337 e. The number of esters is 1. The Morgan fingerprint density at radius 3 is 2.81 bits per heavy atom. The average molecular weight is 452 g/mol. The third-order valence-electron chi connectivity index (χ3n) is 5.43. The van der Waals surface area contributed by atoms with Crippen LogP contribution in [0.25, 0.3) is 11.3 Å². The van der Waals surface area contributed by atoms with Crippen molar-refractivity contribution in [1.29, 1.82) is 0 Å². The van der Waals surface area contributed by atoms with E-state index in [1.165, 1.54) is 7.11 Å². The summed E-state index contributed by atoms with van der Waals surface area (Å²) in [7, 11) is 3.06. The second kappa shape index (κ2) is 9.93. The number of methoxy groups -OCH3 is 2. The van der Waals surface area contributed by atoms with Crippen LogP contribution < -0.4 is 5.32 Å². The van der Waals surface area contributed by atoms with E-state index in [2.05, 4.69) is 15.2 Å². The van der Waals surface area contributed by atoms with Gasteiger partial charge in [0.1, 0.15) is 17.6 Å². The van der Waals surface area contributed by atoms with Gasteiger partial charge < -0.3 is 24.1 Å². The Kier molecular flexibility index (Phi) is 6.82. The van der Waals surface area contributed by atoms with Crippen molar-refractivity contribution in [1.82, 2.24) is 15.2 Å². The molecule has 0 aliphatic carbocycles. The third-order valence-corrected chi connectivity index (χ3v) is 5.78. The fourth-order valence-electron chi connectivity index (χ4n) is 3.92. The first-order valence-corrected chi connectivity index (χ1v) is 10.8. The minimum Gasteiger partial charge on any atom is -0.465 e. The molecule has 1 saturated heterocycles. The minimum atomic E-state index is -0.386. The van der Waals surface area contributed by atoms with Gasteiger partial charge in [-0.05, 0) is 55.0 Å². The van der Waals surface area contributed by atoms with Gasteiger partial charge in [-0.2, -0.15) is 0 Å². The number of furan rings is 1. The molecule has 2 aromatic heterocycles. The van der Waals surface area contributed by atoms with Crippen LogP contribution >= 0.6 is 12.2 Å². The van der Waals surface area contributed by atoms with E-state index in [4.69, 9.17) is 26.1 Å². The minimum absolute atomic E-state index is 0.147. The van der Waals surface area contributed by atoms with Crippen LogP contribution in [0.5, 0.6) is 0 Å². The van der Waals surface area contributed by atoms with E-state index in [0.717, 1.165) is 30.0 Å². The molecule has 3 heterocycles. The predicted octanol–water partition coefficient (Wildman–Crippen LogP) is 4.14. The van der Waals surface area contributed by atoms with E-state index in [-0.39, 0.29) is 18.1 Å². The van der Waals surface area contributed by atoms with Crippen molar-refractivity contribution < 1.29 is 18.7 Å². The van der Waals surface area contributed by atoms with Crippen LogP contribution in [0.15, 0.2) is 65.2 Å². The zero-order valence-corrected chi connectivity index (χ0v) is 18.8. The molecule has 166 valence electrons. The molecule has 8 heteroatoms. The largest absolute Gasteiger partial charge is 0.465 e. The van der Waals surface area contributed by atoms with Gasteiger partial charge in [0.05, 0.1) is 24.4 Å². The number of carbonyl (C=O) groups is 1. The van der Waals surface area contributed by atoms with Crippen molar-refractivity contribution >= 4 is 23.3 Å². The maximum absolute atomic E-state index is 11.9. The van der Waals surface area contributed by atoms with Crippen molar-refractivity contribution in [2.75, 3.05) is 27.4 Å². The summed E-state index contributed by atoms with van der Waals surface area (Å²) in [6, 6.07) is 16.6. The highest BCUT2D eigenvalue weighted by molar-refractivity contribution is 7.80. The molecule has 1 fully saturated rings. The van der Waals surface area contributed by atoms with E-state index in [1.807, 2.05) is 42.5 Å². The SMILES string of the molecule is COCCCN1C(=S)NC(c2ccccn2)C1c1ccc(-c2cccc(C(=O)OC)c2)o1. The van der Waals surface area contributed by atoms with Gasteiger partial charge in [0.2, 0.25) is 0 Å². The van der Waals surface area contributed by atoms with Crippen LogP contribution in [-0.4, -0.2) is 48.3 Å². The van der Waals surface area contributed by atoms with Gasteiger partial charge in [-0.15, -0.1) is 0 Å². The van der Waals surface area contributed by atoms with Gasteiger partial charge in [-0.25, -0.2) is 4.79 Å². The second-order valence-electron chi connectivity index (χ2n) is 7.44. The molecule has 1 aromatic carbocycles. The summed E-state index contributed by atoms with van der Waals surface area (Å²) in [6.45, 7) is 1.37. The number of pyridine rings is 1. The summed E-state index contributed by atoms with van der Waals surface area (Å²) in [5.74, 6) is 1.05. The topological polar surface area (TPSA) is 76.8 Å². The van der Waals surface area contributed by atoms with Crippen LogP contribution in [0.2, 0.25) is 0 Å². The highest BCUT2D eigenvalue weighted by Gasteiger charge is 2.41. The highest BCUT2D eigenvalue weighted by Crippen LogP contribution is 2.40. The Morgan fingerprint density at radius 1 is 1.19 bits per heavy atom. The standard InChI is InChI=1S/C24H25N3O4S/c1-29-14-6-13-27-22(21(26-24(27)32)18-9-3-4-12-25-18)20-11-10-19(31-20)16-7-5-8-17(15-16)23(28)30-2/h3-5,7-12,15,21-22H,6,13-14H2,1-2H3,(H,26,32). The number of thiocarbonyl (C=S) groups is 1. The zero-order valence-electron chi connectivity index (χ0n) is 18.0. The number of hydrogen-bond donors (Lipinski definition) is 1.